The number of carbonyl (C=O) groups excluding carboxylic acids is 1. The Morgan fingerprint density at radius 2 is 2.05 bits per heavy atom. The first-order valence-corrected chi connectivity index (χ1v) is 7.94. The number of H-pyrrole nitrogens is 2. The molecule has 0 atom stereocenters. The molecule has 0 bridgehead atoms. The lowest BCUT2D eigenvalue weighted by atomic mass is 10.2. The summed E-state index contributed by atoms with van der Waals surface area (Å²) in [7, 11) is 0. The molecule has 0 spiro atoms. The van der Waals surface area contributed by atoms with E-state index in [4.69, 9.17) is 0 Å². The summed E-state index contributed by atoms with van der Waals surface area (Å²) in [6.45, 7) is 2.16. The Morgan fingerprint density at radius 1 is 1.25 bits per heavy atom. The zero-order valence-corrected chi connectivity index (χ0v) is 12.3. The second kappa shape index (κ2) is 7.19. The van der Waals surface area contributed by atoms with Crippen LogP contribution in [0.5, 0.6) is 0 Å². The van der Waals surface area contributed by atoms with Gasteiger partial charge in [0.15, 0.2) is 0 Å². The van der Waals surface area contributed by atoms with Crippen molar-refractivity contribution in [1.29, 1.82) is 0 Å². The van der Waals surface area contributed by atoms with Crippen LogP contribution in [0.1, 0.15) is 26.2 Å². The van der Waals surface area contributed by atoms with E-state index in [0.717, 1.165) is 17.0 Å². The van der Waals surface area contributed by atoms with E-state index >= 15 is 0 Å². The number of rotatable bonds is 7. The predicted molar refractivity (Wildman–Crippen MR) is 84.4 cm³/mol. The van der Waals surface area contributed by atoms with Crippen LogP contribution >= 0.6 is 11.8 Å². The van der Waals surface area contributed by atoms with Crippen LogP contribution < -0.4 is 11.0 Å². The number of anilines is 1. The first-order valence-electron chi connectivity index (χ1n) is 6.78. The third kappa shape index (κ3) is 4.16. The van der Waals surface area contributed by atoms with E-state index in [1.54, 1.807) is 18.2 Å². The highest BCUT2D eigenvalue weighted by molar-refractivity contribution is 7.99. The number of thioether (sulfide) groups is 1. The number of hydrogen-bond acceptors (Lipinski definition) is 3. The number of amides is 1. The largest absolute Gasteiger partial charge is 0.326 e. The molecular formula is C14H19N3O2S. The molecule has 3 N–H and O–H groups in total. The van der Waals surface area contributed by atoms with Crippen molar-refractivity contribution >= 4 is 34.4 Å². The highest BCUT2D eigenvalue weighted by Crippen LogP contribution is 2.15. The van der Waals surface area contributed by atoms with Gasteiger partial charge < -0.3 is 15.3 Å². The number of hydrogen-bond donors (Lipinski definition) is 3. The second-order valence-corrected chi connectivity index (χ2v) is 5.83. The van der Waals surface area contributed by atoms with Gasteiger partial charge in [0.05, 0.1) is 11.0 Å². The Morgan fingerprint density at radius 3 is 2.85 bits per heavy atom. The van der Waals surface area contributed by atoms with E-state index in [0.29, 0.717) is 17.6 Å². The Balaban J connectivity index is 1.84. The summed E-state index contributed by atoms with van der Waals surface area (Å²) < 4.78 is 0. The number of carbonyl (C=O) groups is 1. The molecular weight excluding hydrogens is 274 g/mol. The summed E-state index contributed by atoms with van der Waals surface area (Å²) in [5.41, 5.74) is 1.90. The number of benzene rings is 1. The summed E-state index contributed by atoms with van der Waals surface area (Å²) in [5, 5.41) is 2.85. The van der Waals surface area contributed by atoms with Gasteiger partial charge in [0, 0.05) is 17.9 Å². The minimum absolute atomic E-state index is 0.00577. The van der Waals surface area contributed by atoms with Crippen LogP contribution in [0.2, 0.25) is 0 Å². The third-order valence-electron chi connectivity index (χ3n) is 2.92. The fraction of sp³-hybridized carbons (Fsp3) is 0.429. The molecule has 2 aromatic rings. The van der Waals surface area contributed by atoms with Gasteiger partial charge in [0.2, 0.25) is 5.91 Å². The molecule has 0 saturated heterocycles. The molecule has 1 aromatic heterocycles. The Bertz CT molecular complexity index is 633. The number of aromatic nitrogens is 2. The van der Waals surface area contributed by atoms with Gasteiger partial charge in [-0.05, 0) is 30.4 Å². The lowest BCUT2D eigenvalue weighted by Gasteiger charge is -2.05. The maximum absolute atomic E-state index is 11.8. The van der Waals surface area contributed by atoms with Crippen LogP contribution in [-0.4, -0.2) is 27.4 Å². The van der Waals surface area contributed by atoms with Crippen molar-refractivity contribution in [3.63, 3.8) is 0 Å². The van der Waals surface area contributed by atoms with E-state index < -0.39 is 0 Å². The van der Waals surface area contributed by atoms with Gasteiger partial charge in [-0.25, -0.2) is 4.79 Å². The minimum Gasteiger partial charge on any atom is -0.326 e. The fourth-order valence-electron chi connectivity index (χ4n) is 1.85. The van der Waals surface area contributed by atoms with E-state index in [-0.39, 0.29) is 11.6 Å². The first kappa shape index (κ1) is 14.7. The van der Waals surface area contributed by atoms with Gasteiger partial charge >= 0.3 is 5.69 Å². The molecule has 0 saturated carbocycles. The second-order valence-electron chi connectivity index (χ2n) is 4.60. The van der Waals surface area contributed by atoms with Crippen molar-refractivity contribution in [3.05, 3.63) is 28.7 Å². The maximum atomic E-state index is 11.8. The van der Waals surface area contributed by atoms with Gasteiger partial charge in [-0.2, -0.15) is 11.8 Å². The summed E-state index contributed by atoms with van der Waals surface area (Å²) in [4.78, 5) is 28.3. The van der Waals surface area contributed by atoms with E-state index in [9.17, 15) is 9.59 Å². The van der Waals surface area contributed by atoms with E-state index in [2.05, 4.69) is 22.2 Å². The lowest BCUT2D eigenvalue weighted by molar-refractivity contribution is -0.115. The number of nitrogens with one attached hydrogen (secondary N) is 3. The normalized spacial score (nSPS) is 10.8. The van der Waals surface area contributed by atoms with Crippen molar-refractivity contribution in [2.24, 2.45) is 0 Å². The lowest BCUT2D eigenvalue weighted by Crippen LogP contribution is -2.12. The van der Waals surface area contributed by atoms with Gasteiger partial charge in [0.1, 0.15) is 0 Å². The average molecular weight is 293 g/mol. The van der Waals surface area contributed by atoms with Crippen LogP contribution in [0.25, 0.3) is 11.0 Å². The van der Waals surface area contributed by atoms with E-state index in [1.807, 2.05) is 11.8 Å². The van der Waals surface area contributed by atoms with Gasteiger partial charge in [-0.3, -0.25) is 4.79 Å². The summed E-state index contributed by atoms with van der Waals surface area (Å²) in [6, 6.07) is 5.32. The van der Waals surface area contributed by atoms with Gasteiger partial charge in [-0.15, -0.1) is 0 Å². The summed E-state index contributed by atoms with van der Waals surface area (Å²) in [5.74, 6) is 1.96. The molecule has 0 aliphatic carbocycles. The first-order chi connectivity index (χ1) is 9.69. The SMILES string of the molecule is CCCCSCCC(=O)Nc1ccc2[nH]c(=O)[nH]c2c1. The fourth-order valence-corrected chi connectivity index (χ4v) is 2.87. The topological polar surface area (TPSA) is 77.8 Å². The van der Waals surface area contributed by atoms with Crippen molar-refractivity contribution < 1.29 is 4.79 Å². The molecule has 1 heterocycles. The molecule has 0 aliphatic heterocycles. The average Bonchev–Trinajstić information content (AvgIpc) is 2.78. The van der Waals surface area contributed by atoms with Crippen molar-refractivity contribution in [2.45, 2.75) is 26.2 Å². The molecule has 0 fully saturated rings. The highest BCUT2D eigenvalue weighted by Gasteiger charge is 2.04. The molecule has 1 aromatic carbocycles. The molecule has 5 nitrogen and oxygen atoms in total. The molecule has 1 amide bonds. The summed E-state index contributed by atoms with van der Waals surface area (Å²) in [6.07, 6.45) is 2.90. The van der Waals surface area contributed by atoms with Crippen LogP contribution in [0.4, 0.5) is 5.69 Å². The van der Waals surface area contributed by atoms with E-state index in [1.165, 1.54) is 12.8 Å². The third-order valence-corrected chi connectivity index (χ3v) is 3.99. The number of aromatic amines is 2. The zero-order valence-electron chi connectivity index (χ0n) is 11.5. The highest BCUT2D eigenvalue weighted by atomic mass is 32.2. The Kier molecular flexibility index (Phi) is 5.29. The van der Waals surface area contributed by atoms with Crippen molar-refractivity contribution in [3.8, 4) is 0 Å². The maximum Gasteiger partial charge on any atom is 0.323 e. The molecule has 20 heavy (non-hydrogen) atoms. The molecule has 0 aliphatic rings. The van der Waals surface area contributed by atoms with Crippen LogP contribution in [0.15, 0.2) is 23.0 Å². The standard InChI is InChI=1S/C14H19N3O2S/c1-2-3-7-20-8-6-13(18)15-10-4-5-11-12(9-10)17-14(19)16-11/h4-5,9H,2-3,6-8H2,1H3,(H,15,18)(H2,16,17,19). The number of fused-ring (bicyclic) bond motifs is 1. The van der Waals surface area contributed by atoms with Crippen LogP contribution in [0.3, 0.4) is 0 Å². The van der Waals surface area contributed by atoms with Gasteiger partial charge in [0.25, 0.3) is 0 Å². The molecule has 0 unspecified atom stereocenters. The Hall–Kier alpha value is -1.69. The monoisotopic (exact) mass is 293 g/mol. The van der Waals surface area contributed by atoms with Crippen LogP contribution in [0, 0.1) is 0 Å². The van der Waals surface area contributed by atoms with Gasteiger partial charge in [-0.1, -0.05) is 13.3 Å². The number of unbranched alkanes of at least 4 members (excludes halogenated alkanes) is 1. The van der Waals surface area contributed by atoms with Crippen LogP contribution in [-0.2, 0) is 4.79 Å². The minimum atomic E-state index is -0.240. The number of imidazole rings is 1. The Labute approximate surface area is 121 Å². The molecule has 108 valence electrons. The molecule has 6 heteroatoms. The molecule has 2 rings (SSSR count). The summed E-state index contributed by atoms with van der Waals surface area (Å²) >= 11 is 1.81. The van der Waals surface area contributed by atoms with Crippen molar-refractivity contribution in [2.75, 3.05) is 16.8 Å². The molecule has 0 radical (unpaired) electrons. The van der Waals surface area contributed by atoms with Crippen molar-refractivity contribution in [1.82, 2.24) is 9.97 Å². The zero-order chi connectivity index (χ0) is 14.4. The smallest absolute Gasteiger partial charge is 0.323 e. The predicted octanol–water partition coefficient (Wildman–Crippen LogP) is 2.72. The quantitative estimate of drug-likeness (QED) is 0.687.